The van der Waals surface area contributed by atoms with Crippen molar-refractivity contribution in [2.24, 2.45) is 0 Å². The van der Waals surface area contributed by atoms with Crippen molar-refractivity contribution in [3.63, 3.8) is 0 Å². The molecular formula is C14H20BrClN2. The minimum absolute atomic E-state index is 0. The summed E-state index contributed by atoms with van der Waals surface area (Å²) >= 11 is 6.05. The van der Waals surface area contributed by atoms with Gasteiger partial charge in [0.15, 0.2) is 0 Å². The topological polar surface area (TPSA) is 3.24 Å². The maximum Gasteiger partial charge on any atom is 0.0965 e. The van der Waals surface area contributed by atoms with E-state index in [4.69, 9.17) is 11.6 Å². The molecule has 1 aromatic carbocycles. The van der Waals surface area contributed by atoms with Crippen LogP contribution in [0.25, 0.3) is 0 Å². The second-order valence-corrected chi connectivity index (χ2v) is 5.85. The molecule has 0 saturated carbocycles. The number of benzene rings is 1. The SMILES string of the molecule is Clc1cccc(N2CC[N+]3(CCCC3)CC2)c1.[Br-]. The Labute approximate surface area is 125 Å². The zero-order valence-electron chi connectivity index (χ0n) is 10.6. The van der Waals surface area contributed by atoms with Gasteiger partial charge in [0.1, 0.15) is 0 Å². The molecule has 2 saturated heterocycles. The number of quaternary nitrogens is 1. The standard InChI is InChI=1S/C14H20ClN2.BrH/c15-13-4-3-5-14(12-13)16-6-10-17(11-7-16)8-1-2-9-17;/h3-5,12H,1-2,6-11H2;1H/q+1;/p-1. The van der Waals surface area contributed by atoms with E-state index in [1.165, 1.54) is 62.3 Å². The van der Waals surface area contributed by atoms with Crippen LogP contribution < -0.4 is 21.9 Å². The van der Waals surface area contributed by atoms with Gasteiger partial charge in [-0.25, -0.2) is 0 Å². The van der Waals surface area contributed by atoms with Crippen LogP contribution in [-0.2, 0) is 0 Å². The lowest BCUT2D eigenvalue weighted by Crippen LogP contribution is -3.00. The van der Waals surface area contributed by atoms with Crippen molar-refractivity contribution in [3.8, 4) is 0 Å². The van der Waals surface area contributed by atoms with E-state index in [9.17, 15) is 0 Å². The number of anilines is 1. The first-order chi connectivity index (χ1) is 8.27. The Morgan fingerprint density at radius 2 is 1.67 bits per heavy atom. The Hall–Kier alpha value is -0.250. The van der Waals surface area contributed by atoms with E-state index >= 15 is 0 Å². The third kappa shape index (κ3) is 2.84. The molecule has 0 amide bonds. The van der Waals surface area contributed by atoms with Crippen LogP contribution in [0.5, 0.6) is 0 Å². The van der Waals surface area contributed by atoms with Gasteiger partial charge in [-0.3, -0.25) is 0 Å². The monoisotopic (exact) mass is 330 g/mol. The van der Waals surface area contributed by atoms with Gasteiger partial charge in [-0.05, 0) is 18.2 Å². The van der Waals surface area contributed by atoms with Crippen LogP contribution in [0, 0.1) is 0 Å². The number of hydrogen-bond acceptors (Lipinski definition) is 1. The molecule has 2 nitrogen and oxygen atoms in total. The van der Waals surface area contributed by atoms with Gasteiger partial charge in [-0.15, -0.1) is 0 Å². The largest absolute Gasteiger partial charge is 1.00 e. The van der Waals surface area contributed by atoms with Crippen LogP contribution in [0.1, 0.15) is 12.8 Å². The zero-order chi connectivity index (χ0) is 11.7. The minimum atomic E-state index is 0. The smallest absolute Gasteiger partial charge is 0.0965 e. The van der Waals surface area contributed by atoms with E-state index in [0.29, 0.717) is 0 Å². The summed E-state index contributed by atoms with van der Waals surface area (Å²) in [4.78, 5) is 2.48. The van der Waals surface area contributed by atoms with Crippen LogP contribution in [0.2, 0.25) is 5.02 Å². The summed E-state index contributed by atoms with van der Waals surface area (Å²) in [7, 11) is 0. The summed E-state index contributed by atoms with van der Waals surface area (Å²) in [5.41, 5.74) is 1.29. The summed E-state index contributed by atoms with van der Waals surface area (Å²) in [5, 5.41) is 0.846. The summed E-state index contributed by atoms with van der Waals surface area (Å²) < 4.78 is 1.37. The number of halogens is 2. The maximum absolute atomic E-state index is 6.05. The highest BCUT2D eigenvalue weighted by Gasteiger charge is 2.35. The van der Waals surface area contributed by atoms with Gasteiger partial charge >= 0.3 is 0 Å². The van der Waals surface area contributed by atoms with E-state index in [1.54, 1.807) is 0 Å². The fourth-order valence-corrected chi connectivity index (χ4v) is 3.46. The van der Waals surface area contributed by atoms with Crippen molar-refractivity contribution in [1.82, 2.24) is 0 Å². The molecule has 0 aliphatic carbocycles. The first-order valence-electron chi connectivity index (χ1n) is 6.63. The highest BCUT2D eigenvalue weighted by atomic mass is 79.9. The Morgan fingerprint density at radius 3 is 2.28 bits per heavy atom. The maximum atomic E-state index is 6.05. The molecule has 0 bridgehead atoms. The van der Waals surface area contributed by atoms with Gasteiger partial charge in [0.2, 0.25) is 0 Å². The van der Waals surface area contributed by atoms with E-state index in [0.717, 1.165) is 5.02 Å². The van der Waals surface area contributed by atoms with E-state index in [1.807, 2.05) is 12.1 Å². The minimum Gasteiger partial charge on any atom is -1.00 e. The molecule has 0 atom stereocenters. The Balaban J connectivity index is 0.00000120. The van der Waals surface area contributed by atoms with Crippen molar-refractivity contribution in [2.45, 2.75) is 12.8 Å². The Bertz CT molecular complexity index is 395. The highest BCUT2D eigenvalue weighted by Crippen LogP contribution is 2.26. The molecule has 2 aliphatic heterocycles. The number of nitrogens with zero attached hydrogens (tertiary/aromatic N) is 2. The molecule has 1 aromatic rings. The molecule has 0 N–H and O–H groups in total. The molecule has 2 fully saturated rings. The van der Waals surface area contributed by atoms with Crippen LogP contribution in [0.15, 0.2) is 24.3 Å². The van der Waals surface area contributed by atoms with Gasteiger partial charge in [0.05, 0.1) is 39.3 Å². The number of hydrogen-bond donors (Lipinski definition) is 0. The summed E-state index contributed by atoms with van der Waals surface area (Å²) in [5.74, 6) is 0. The lowest BCUT2D eigenvalue weighted by molar-refractivity contribution is -0.917. The molecule has 1 spiro atoms. The van der Waals surface area contributed by atoms with Gasteiger partial charge in [-0.2, -0.15) is 0 Å². The predicted molar refractivity (Wildman–Crippen MR) is 72.6 cm³/mol. The van der Waals surface area contributed by atoms with Crippen LogP contribution in [0.3, 0.4) is 0 Å². The normalized spacial score (nSPS) is 21.9. The quantitative estimate of drug-likeness (QED) is 0.643. The molecule has 0 unspecified atom stereocenters. The van der Waals surface area contributed by atoms with Crippen molar-refractivity contribution in [1.29, 1.82) is 0 Å². The Kier molecular flexibility index (Phi) is 4.57. The lowest BCUT2D eigenvalue weighted by atomic mass is 10.2. The second kappa shape index (κ2) is 5.81. The van der Waals surface area contributed by atoms with Crippen molar-refractivity contribution in [2.75, 3.05) is 44.2 Å². The first kappa shape index (κ1) is 14.2. The van der Waals surface area contributed by atoms with Gasteiger partial charge in [0, 0.05) is 23.6 Å². The first-order valence-corrected chi connectivity index (χ1v) is 7.01. The third-order valence-electron chi connectivity index (χ3n) is 4.38. The highest BCUT2D eigenvalue weighted by molar-refractivity contribution is 6.30. The van der Waals surface area contributed by atoms with E-state index in [2.05, 4.69) is 17.0 Å². The van der Waals surface area contributed by atoms with Gasteiger partial charge in [0.25, 0.3) is 0 Å². The van der Waals surface area contributed by atoms with E-state index < -0.39 is 0 Å². The number of piperazine rings is 1. The number of rotatable bonds is 1. The molecular weight excluding hydrogens is 312 g/mol. The van der Waals surface area contributed by atoms with Crippen LogP contribution in [-0.4, -0.2) is 43.8 Å². The van der Waals surface area contributed by atoms with Crippen molar-refractivity contribution >= 4 is 17.3 Å². The molecule has 2 heterocycles. The van der Waals surface area contributed by atoms with Crippen molar-refractivity contribution in [3.05, 3.63) is 29.3 Å². The lowest BCUT2D eigenvalue weighted by Gasteiger charge is -2.42. The molecule has 0 aromatic heterocycles. The molecule has 4 heteroatoms. The molecule has 3 rings (SSSR count). The molecule has 2 aliphatic rings. The van der Waals surface area contributed by atoms with Gasteiger partial charge in [-0.1, -0.05) is 17.7 Å². The molecule has 100 valence electrons. The fraction of sp³-hybridized carbons (Fsp3) is 0.571. The van der Waals surface area contributed by atoms with Crippen LogP contribution >= 0.6 is 11.6 Å². The average Bonchev–Trinajstić information content (AvgIpc) is 2.79. The van der Waals surface area contributed by atoms with E-state index in [-0.39, 0.29) is 17.0 Å². The fourth-order valence-electron chi connectivity index (χ4n) is 3.27. The summed E-state index contributed by atoms with van der Waals surface area (Å²) in [6, 6.07) is 8.25. The third-order valence-corrected chi connectivity index (χ3v) is 4.61. The van der Waals surface area contributed by atoms with Crippen molar-refractivity contribution < 1.29 is 21.5 Å². The Morgan fingerprint density at radius 1 is 1.00 bits per heavy atom. The second-order valence-electron chi connectivity index (χ2n) is 5.41. The van der Waals surface area contributed by atoms with Gasteiger partial charge < -0.3 is 26.4 Å². The molecule has 18 heavy (non-hydrogen) atoms. The predicted octanol–water partition coefficient (Wildman–Crippen LogP) is -0.225. The zero-order valence-corrected chi connectivity index (χ0v) is 13.0. The van der Waals surface area contributed by atoms with Crippen LogP contribution in [0.4, 0.5) is 5.69 Å². The summed E-state index contributed by atoms with van der Waals surface area (Å²) in [6.45, 7) is 7.80. The summed E-state index contributed by atoms with van der Waals surface area (Å²) in [6.07, 6.45) is 2.86. The average molecular weight is 332 g/mol. The molecule has 0 radical (unpaired) electrons.